The molecule has 2 aromatic carbocycles. The summed E-state index contributed by atoms with van der Waals surface area (Å²) in [6.07, 6.45) is 1.66. The van der Waals surface area contributed by atoms with E-state index in [9.17, 15) is 9.90 Å². The Morgan fingerprint density at radius 2 is 1.92 bits per heavy atom. The standard InChI is InChI=1S/C17H13N5O2/c1-21(13-5-3-2-4-6-13)17-20-19-16-18-10-12-8-7-11(15(23)24)9-14(12)22(16)17/h2-10H,1H3,(H,23,24). The van der Waals surface area contributed by atoms with Gasteiger partial charge in [0.25, 0.3) is 5.78 Å². The first-order chi connectivity index (χ1) is 11.6. The highest BCUT2D eigenvalue weighted by atomic mass is 16.4. The number of hydrogen-bond donors (Lipinski definition) is 1. The summed E-state index contributed by atoms with van der Waals surface area (Å²) in [6.45, 7) is 0. The maximum Gasteiger partial charge on any atom is 0.335 e. The quantitative estimate of drug-likeness (QED) is 0.625. The lowest BCUT2D eigenvalue weighted by atomic mass is 10.1. The summed E-state index contributed by atoms with van der Waals surface area (Å²) in [6, 6.07) is 14.6. The van der Waals surface area contributed by atoms with Crippen LogP contribution in [-0.2, 0) is 0 Å². The van der Waals surface area contributed by atoms with Crippen molar-refractivity contribution in [3.63, 3.8) is 0 Å². The zero-order valence-corrected chi connectivity index (χ0v) is 12.8. The van der Waals surface area contributed by atoms with Gasteiger partial charge in [-0.15, -0.1) is 10.2 Å². The van der Waals surface area contributed by atoms with Crippen molar-refractivity contribution in [2.45, 2.75) is 0 Å². The van der Waals surface area contributed by atoms with E-state index in [2.05, 4.69) is 15.2 Å². The number of fused-ring (bicyclic) bond motifs is 3. The molecule has 4 aromatic rings. The van der Waals surface area contributed by atoms with Gasteiger partial charge < -0.3 is 10.0 Å². The molecule has 2 aromatic heterocycles. The second-order valence-electron chi connectivity index (χ2n) is 5.37. The average Bonchev–Trinajstić information content (AvgIpc) is 3.06. The van der Waals surface area contributed by atoms with Gasteiger partial charge in [-0.2, -0.15) is 0 Å². The molecule has 0 radical (unpaired) electrons. The summed E-state index contributed by atoms with van der Waals surface area (Å²) in [5, 5.41) is 18.4. The van der Waals surface area contributed by atoms with Crippen LogP contribution in [0.4, 0.5) is 11.6 Å². The predicted molar refractivity (Wildman–Crippen MR) is 89.8 cm³/mol. The molecule has 0 saturated carbocycles. The Labute approximate surface area is 136 Å². The second-order valence-corrected chi connectivity index (χ2v) is 5.37. The first-order valence-electron chi connectivity index (χ1n) is 7.31. The fraction of sp³-hybridized carbons (Fsp3) is 0.0588. The number of aromatic nitrogens is 4. The summed E-state index contributed by atoms with van der Waals surface area (Å²) < 4.78 is 1.76. The van der Waals surface area contributed by atoms with Gasteiger partial charge in [0.05, 0.1) is 11.1 Å². The van der Waals surface area contributed by atoms with Gasteiger partial charge in [-0.1, -0.05) is 24.3 Å². The molecule has 0 unspecified atom stereocenters. The minimum atomic E-state index is -0.979. The van der Waals surface area contributed by atoms with Crippen molar-refractivity contribution in [2.75, 3.05) is 11.9 Å². The molecular formula is C17H13N5O2. The number of carboxylic acids is 1. The fourth-order valence-corrected chi connectivity index (χ4v) is 2.66. The molecule has 0 bridgehead atoms. The predicted octanol–water partition coefficient (Wildman–Crippen LogP) is 2.74. The van der Waals surface area contributed by atoms with Crippen LogP contribution in [0.25, 0.3) is 16.7 Å². The third kappa shape index (κ3) is 2.14. The van der Waals surface area contributed by atoms with E-state index in [1.807, 2.05) is 42.3 Å². The summed E-state index contributed by atoms with van der Waals surface area (Å²) in [4.78, 5) is 17.5. The van der Waals surface area contributed by atoms with Gasteiger partial charge in [0.15, 0.2) is 0 Å². The lowest BCUT2D eigenvalue weighted by Crippen LogP contribution is -2.13. The summed E-state index contributed by atoms with van der Waals surface area (Å²) in [5.41, 5.74) is 1.85. The van der Waals surface area contributed by atoms with Crippen molar-refractivity contribution in [1.82, 2.24) is 19.6 Å². The molecule has 118 valence electrons. The topological polar surface area (TPSA) is 83.6 Å². The monoisotopic (exact) mass is 319 g/mol. The third-order valence-electron chi connectivity index (χ3n) is 3.91. The largest absolute Gasteiger partial charge is 0.478 e. The zero-order valence-electron chi connectivity index (χ0n) is 12.8. The van der Waals surface area contributed by atoms with Crippen LogP contribution in [0.3, 0.4) is 0 Å². The van der Waals surface area contributed by atoms with Crippen LogP contribution in [0, 0.1) is 0 Å². The molecule has 0 fully saturated rings. The van der Waals surface area contributed by atoms with E-state index in [0.717, 1.165) is 11.1 Å². The molecule has 0 amide bonds. The van der Waals surface area contributed by atoms with Gasteiger partial charge in [0.1, 0.15) is 0 Å². The molecular weight excluding hydrogens is 306 g/mol. The maximum atomic E-state index is 11.3. The molecule has 7 heteroatoms. The van der Waals surface area contributed by atoms with Gasteiger partial charge in [-0.05, 0) is 24.3 Å². The minimum Gasteiger partial charge on any atom is -0.478 e. The number of carboxylic acid groups (broad SMARTS) is 1. The number of para-hydroxylation sites is 1. The van der Waals surface area contributed by atoms with E-state index in [1.54, 1.807) is 28.8 Å². The minimum absolute atomic E-state index is 0.206. The molecule has 0 spiro atoms. The molecule has 1 N–H and O–H groups in total. The lowest BCUT2D eigenvalue weighted by molar-refractivity contribution is 0.0697. The zero-order chi connectivity index (χ0) is 16.7. The fourth-order valence-electron chi connectivity index (χ4n) is 2.66. The highest BCUT2D eigenvalue weighted by Crippen LogP contribution is 2.25. The van der Waals surface area contributed by atoms with E-state index in [4.69, 9.17) is 0 Å². The first kappa shape index (κ1) is 14.1. The SMILES string of the molecule is CN(c1ccccc1)c1nnc2ncc3ccc(C(=O)O)cc3n12. The summed E-state index contributed by atoms with van der Waals surface area (Å²) in [5.74, 6) is 0.00700. The van der Waals surface area contributed by atoms with E-state index in [0.29, 0.717) is 17.2 Å². The lowest BCUT2D eigenvalue weighted by Gasteiger charge is -2.17. The molecule has 0 saturated heterocycles. The van der Waals surface area contributed by atoms with E-state index in [1.165, 1.54) is 0 Å². The van der Waals surface area contributed by atoms with Crippen LogP contribution in [-0.4, -0.2) is 37.7 Å². The Hall–Kier alpha value is -3.48. The highest BCUT2D eigenvalue weighted by molar-refractivity contribution is 5.93. The van der Waals surface area contributed by atoms with Crippen molar-refractivity contribution in [3.8, 4) is 0 Å². The molecule has 2 heterocycles. The molecule has 0 atom stereocenters. The van der Waals surface area contributed by atoms with Crippen molar-refractivity contribution < 1.29 is 9.90 Å². The molecule has 0 aliphatic heterocycles. The van der Waals surface area contributed by atoms with E-state index in [-0.39, 0.29) is 5.56 Å². The molecule has 24 heavy (non-hydrogen) atoms. The average molecular weight is 319 g/mol. The molecule has 4 rings (SSSR count). The normalized spacial score (nSPS) is 11.0. The number of nitrogens with zero attached hydrogens (tertiary/aromatic N) is 5. The number of carbonyl (C=O) groups is 1. The van der Waals surface area contributed by atoms with Crippen LogP contribution < -0.4 is 4.90 Å². The van der Waals surface area contributed by atoms with Crippen molar-refractivity contribution in [1.29, 1.82) is 0 Å². The van der Waals surface area contributed by atoms with Crippen molar-refractivity contribution in [2.24, 2.45) is 0 Å². The van der Waals surface area contributed by atoms with E-state index >= 15 is 0 Å². The van der Waals surface area contributed by atoms with Gasteiger partial charge in [0, 0.05) is 24.3 Å². The third-order valence-corrected chi connectivity index (χ3v) is 3.91. The summed E-state index contributed by atoms with van der Waals surface area (Å²) in [7, 11) is 1.88. The number of aromatic carboxylic acids is 1. The Bertz CT molecular complexity index is 1060. The number of benzene rings is 2. The van der Waals surface area contributed by atoms with Crippen LogP contribution in [0.1, 0.15) is 10.4 Å². The number of anilines is 2. The van der Waals surface area contributed by atoms with Crippen molar-refractivity contribution >= 4 is 34.3 Å². The van der Waals surface area contributed by atoms with Crippen molar-refractivity contribution in [3.05, 3.63) is 60.3 Å². The highest BCUT2D eigenvalue weighted by Gasteiger charge is 2.16. The Kier molecular flexibility index (Phi) is 3.13. The van der Waals surface area contributed by atoms with Gasteiger partial charge >= 0.3 is 5.97 Å². The van der Waals surface area contributed by atoms with Gasteiger partial charge in [0.2, 0.25) is 5.95 Å². The Balaban J connectivity index is 1.99. The smallest absolute Gasteiger partial charge is 0.335 e. The Morgan fingerprint density at radius 1 is 1.12 bits per heavy atom. The van der Waals surface area contributed by atoms with Crippen LogP contribution in [0.5, 0.6) is 0 Å². The molecule has 0 aliphatic rings. The number of hydrogen-bond acceptors (Lipinski definition) is 5. The Morgan fingerprint density at radius 3 is 2.67 bits per heavy atom. The molecule has 7 nitrogen and oxygen atoms in total. The van der Waals surface area contributed by atoms with Gasteiger partial charge in [-0.3, -0.25) is 0 Å². The number of rotatable bonds is 3. The van der Waals surface area contributed by atoms with Crippen LogP contribution >= 0.6 is 0 Å². The van der Waals surface area contributed by atoms with E-state index < -0.39 is 5.97 Å². The second kappa shape index (κ2) is 5.31. The van der Waals surface area contributed by atoms with Gasteiger partial charge in [-0.25, -0.2) is 14.2 Å². The summed E-state index contributed by atoms with van der Waals surface area (Å²) >= 11 is 0. The maximum absolute atomic E-state index is 11.3. The van der Waals surface area contributed by atoms with Crippen LogP contribution in [0.15, 0.2) is 54.7 Å². The van der Waals surface area contributed by atoms with Crippen LogP contribution in [0.2, 0.25) is 0 Å². The first-order valence-corrected chi connectivity index (χ1v) is 7.31. The molecule has 0 aliphatic carbocycles.